The molecule has 0 aliphatic rings. The predicted octanol–water partition coefficient (Wildman–Crippen LogP) is 4.17. The SMILES string of the molecule is COCCNCCC(C)(C)CCc1ccc(F)c(Br)c1. The van der Waals surface area contributed by atoms with E-state index in [4.69, 9.17) is 4.74 Å². The molecule has 0 bridgehead atoms. The van der Waals surface area contributed by atoms with Crippen molar-refractivity contribution in [2.24, 2.45) is 5.41 Å². The molecule has 1 rings (SSSR count). The zero-order valence-corrected chi connectivity index (χ0v) is 14.2. The van der Waals surface area contributed by atoms with Crippen LogP contribution < -0.4 is 5.32 Å². The van der Waals surface area contributed by atoms with E-state index in [0.717, 1.165) is 39.0 Å². The van der Waals surface area contributed by atoms with E-state index in [0.29, 0.717) is 4.47 Å². The maximum absolute atomic E-state index is 13.2. The van der Waals surface area contributed by atoms with Gasteiger partial charge in [-0.2, -0.15) is 0 Å². The van der Waals surface area contributed by atoms with Gasteiger partial charge in [-0.05, 0) is 64.8 Å². The third-order valence-electron chi connectivity index (χ3n) is 3.54. The molecule has 0 aromatic heterocycles. The van der Waals surface area contributed by atoms with E-state index in [1.807, 2.05) is 12.1 Å². The van der Waals surface area contributed by atoms with Gasteiger partial charge in [0.15, 0.2) is 0 Å². The smallest absolute Gasteiger partial charge is 0.137 e. The summed E-state index contributed by atoms with van der Waals surface area (Å²) in [5.41, 5.74) is 1.46. The van der Waals surface area contributed by atoms with E-state index in [9.17, 15) is 4.39 Å². The Morgan fingerprint density at radius 2 is 2.00 bits per heavy atom. The summed E-state index contributed by atoms with van der Waals surface area (Å²) in [6.07, 6.45) is 3.19. The molecule has 2 nitrogen and oxygen atoms in total. The molecule has 1 aromatic carbocycles. The number of rotatable bonds is 9. The second kappa shape index (κ2) is 8.75. The molecule has 114 valence electrons. The second-order valence-corrected chi connectivity index (χ2v) is 6.76. The van der Waals surface area contributed by atoms with E-state index in [1.165, 1.54) is 11.6 Å². The van der Waals surface area contributed by atoms with Crippen molar-refractivity contribution in [3.8, 4) is 0 Å². The molecule has 0 atom stereocenters. The maximum Gasteiger partial charge on any atom is 0.137 e. The lowest BCUT2D eigenvalue weighted by Gasteiger charge is -2.25. The molecule has 20 heavy (non-hydrogen) atoms. The van der Waals surface area contributed by atoms with Gasteiger partial charge >= 0.3 is 0 Å². The zero-order valence-electron chi connectivity index (χ0n) is 12.6. The van der Waals surface area contributed by atoms with Crippen molar-refractivity contribution in [1.29, 1.82) is 0 Å². The van der Waals surface area contributed by atoms with Crippen LogP contribution in [0.5, 0.6) is 0 Å². The lowest BCUT2D eigenvalue weighted by molar-refractivity contribution is 0.197. The third kappa shape index (κ3) is 6.82. The van der Waals surface area contributed by atoms with Crippen LogP contribution in [-0.2, 0) is 11.2 Å². The van der Waals surface area contributed by atoms with Crippen LogP contribution >= 0.6 is 15.9 Å². The molecule has 0 amide bonds. The average Bonchev–Trinajstić information content (AvgIpc) is 2.40. The summed E-state index contributed by atoms with van der Waals surface area (Å²) in [5, 5.41) is 3.38. The van der Waals surface area contributed by atoms with Crippen LogP contribution in [0.3, 0.4) is 0 Å². The Balaban J connectivity index is 2.32. The summed E-state index contributed by atoms with van der Waals surface area (Å²) >= 11 is 3.24. The van der Waals surface area contributed by atoms with Gasteiger partial charge in [0.2, 0.25) is 0 Å². The van der Waals surface area contributed by atoms with Crippen molar-refractivity contribution in [1.82, 2.24) is 5.32 Å². The molecule has 0 unspecified atom stereocenters. The van der Waals surface area contributed by atoms with E-state index < -0.39 is 0 Å². The molecule has 0 heterocycles. The summed E-state index contributed by atoms with van der Waals surface area (Å²) in [6, 6.07) is 5.27. The number of aryl methyl sites for hydroxylation is 1. The summed E-state index contributed by atoms with van der Waals surface area (Å²) < 4.78 is 18.7. The van der Waals surface area contributed by atoms with Gasteiger partial charge in [-0.1, -0.05) is 19.9 Å². The minimum atomic E-state index is -0.199. The molecule has 0 saturated carbocycles. The topological polar surface area (TPSA) is 21.3 Å². The van der Waals surface area contributed by atoms with Crippen LogP contribution in [0, 0.1) is 11.2 Å². The first kappa shape index (κ1) is 17.6. The highest BCUT2D eigenvalue weighted by Crippen LogP contribution is 2.27. The molecule has 1 N–H and O–H groups in total. The van der Waals surface area contributed by atoms with Crippen molar-refractivity contribution in [3.63, 3.8) is 0 Å². The number of methoxy groups -OCH3 is 1. The Kier molecular flexibility index (Phi) is 7.70. The Morgan fingerprint density at radius 3 is 2.65 bits per heavy atom. The van der Waals surface area contributed by atoms with Crippen LogP contribution in [0.15, 0.2) is 22.7 Å². The number of benzene rings is 1. The number of ether oxygens (including phenoxy) is 1. The predicted molar refractivity (Wildman–Crippen MR) is 85.6 cm³/mol. The fourth-order valence-electron chi connectivity index (χ4n) is 2.03. The van der Waals surface area contributed by atoms with Gasteiger partial charge in [-0.3, -0.25) is 0 Å². The van der Waals surface area contributed by atoms with Gasteiger partial charge in [0, 0.05) is 13.7 Å². The Bertz CT molecular complexity index is 409. The Morgan fingerprint density at radius 1 is 1.25 bits per heavy atom. The lowest BCUT2D eigenvalue weighted by atomic mass is 9.83. The van der Waals surface area contributed by atoms with Crippen LogP contribution in [0.25, 0.3) is 0 Å². The van der Waals surface area contributed by atoms with Gasteiger partial charge < -0.3 is 10.1 Å². The third-order valence-corrected chi connectivity index (χ3v) is 4.14. The normalized spacial score (nSPS) is 11.8. The van der Waals surface area contributed by atoms with Gasteiger partial charge in [0.25, 0.3) is 0 Å². The van der Waals surface area contributed by atoms with E-state index in [-0.39, 0.29) is 11.2 Å². The average molecular weight is 346 g/mol. The van der Waals surface area contributed by atoms with E-state index in [1.54, 1.807) is 7.11 Å². The molecule has 0 spiro atoms. The fourth-order valence-corrected chi connectivity index (χ4v) is 2.46. The Labute approximate surface area is 130 Å². The van der Waals surface area contributed by atoms with Crippen LogP contribution in [0.2, 0.25) is 0 Å². The maximum atomic E-state index is 13.2. The molecule has 0 aliphatic carbocycles. The molecule has 4 heteroatoms. The highest BCUT2D eigenvalue weighted by Gasteiger charge is 2.17. The minimum absolute atomic E-state index is 0.199. The molecule has 0 saturated heterocycles. The van der Waals surface area contributed by atoms with E-state index in [2.05, 4.69) is 35.1 Å². The fraction of sp³-hybridized carbons (Fsp3) is 0.625. The molecular weight excluding hydrogens is 321 g/mol. The van der Waals surface area contributed by atoms with Crippen molar-refractivity contribution >= 4 is 15.9 Å². The summed E-state index contributed by atoms with van der Waals surface area (Å²) in [4.78, 5) is 0. The largest absolute Gasteiger partial charge is 0.383 e. The van der Waals surface area contributed by atoms with Crippen molar-refractivity contribution in [2.75, 3.05) is 26.8 Å². The van der Waals surface area contributed by atoms with Crippen molar-refractivity contribution in [2.45, 2.75) is 33.1 Å². The van der Waals surface area contributed by atoms with Crippen molar-refractivity contribution in [3.05, 3.63) is 34.1 Å². The first-order chi connectivity index (χ1) is 9.44. The van der Waals surface area contributed by atoms with Gasteiger partial charge in [-0.25, -0.2) is 4.39 Å². The van der Waals surface area contributed by atoms with Crippen LogP contribution in [-0.4, -0.2) is 26.8 Å². The molecule has 1 aromatic rings. The second-order valence-electron chi connectivity index (χ2n) is 5.91. The highest BCUT2D eigenvalue weighted by atomic mass is 79.9. The molecular formula is C16H25BrFNO. The lowest BCUT2D eigenvalue weighted by Crippen LogP contribution is -2.25. The number of hydrogen-bond acceptors (Lipinski definition) is 2. The van der Waals surface area contributed by atoms with Gasteiger partial charge in [-0.15, -0.1) is 0 Å². The highest BCUT2D eigenvalue weighted by molar-refractivity contribution is 9.10. The quantitative estimate of drug-likeness (QED) is 0.678. The zero-order chi connectivity index (χ0) is 15.0. The van der Waals surface area contributed by atoms with E-state index >= 15 is 0 Å². The summed E-state index contributed by atoms with van der Waals surface area (Å²) in [7, 11) is 1.71. The van der Waals surface area contributed by atoms with Crippen LogP contribution in [0.4, 0.5) is 4.39 Å². The number of nitrogens with one attached hydrogen (secondary N) is 1. The molecule has 0 fully saturated rings. The van der Waals surface area contributed by atoms with Gasteiger partial charge in [0.1, 0.15) is 5.82 Å². The summed E-state index contributed by atoms with van der Waals surface area (Å²) in [5.74, 6) is -0.199. The number of hydrogen-bond donors (Lipinski definition) is 1. The van der Waals surface area contributed by atoms with Crippen molar-refractivity contribution < 1.29 is 9.13 Å². The Hall–Kier alpha value is -0.450. The molecule has 0 radical (unpaired) electrons. The van der Waals surface area contributed by atoms with Crippen LogP contribution in [0.1, 0.15) is 32.3 Å². The van der Waals surface area contributed by atoms with Gasteiger partial charge in [0.05, 0.1) is 11.1 Å². The monoisotopic (exact) mass is 345 g/mol. The minimum Gasteiger partial charge on any atom is -0.383 e. The standard InChI is InChI=1S/C16H25BrFNO/c1-16(2,8-9-19-10-11-20-3)7-6-13-4-5-15(18)14(17)12-13/h4-5,12,19H,6-11H2,1-3H3. The number of halogens is 2. The summed E-state index contributed by atoms with van der Waals surface area (Å²) in [6.45, 7) is 7.22. The first-order valence-electron chi connectivity index (χ1n) is 7.08. The first-order valence-corrected chi connectivity index (χ1v) is 7.87. The molecule has 0 aliphatic heterocycles.